The summed E-state index contributed by atoms with van der Waals surface area (Å²) in [7, 11) is 0. The molecule has 0 aliphatic rings. The number of thiazole rings is 1. The van der Waals surface area contributed by atoms with Crippen molar-refractivity contribution in [1.82, 2.24) is 15.0 Å². The number of nitro groups is 1. The van der Waals surface area contributed by atoms with E-state index >= 15 is 0 Å². The van der Waals surface area contributed by atoms with Crippen LogP contribution in [0, 0.1) is 10.1 Å². The predicted octanol–water partition coefficient (Wildman–Crippen LogP) is 2.47. The Kier molecular flexibility index (Phi) is 4.47. The van der Waals surface area contributed by atoms with Crippen molar-refractivity contribution in [2.24, 2.45) is 0 Å². The van der Waals surface area contributed by atoms with Gasteiger partial charge in [-0.2, -0.15) is 0 Å². The van der Waals surface area contributed by atoms with Crippen molar-refractivity contribution in [3.05, 3.63) is 33.2 Å². The molecule has 0 aliphatic heterocycles. The number of aromatic nitrogens is 3. The molecular formula is C9H6ClN5O3S2. The lowest BCUT2D eigenvalue weighted by molar-refractivity contribution is -0.380. The van der Waals surface area contributed by atoms with Crippen LogP contribution >= 0.6 is 34.7 Å². The van der Waals surface area contributed by atoms with Crippen molar-refractivity contribution in [2.45, 2.75) is 5.16 Å². The number of hydrogen-bond donors (Lipinski definition) is 1. The molecule has 20 heavy (non-hydrogen) atoms. The van der Waals surface area contributed by atoms with Gasteiger partial charge in [0.05, 0.1) is 10.5 Å². The molecule has 104 valence electrons. The second-order valence-electron chi connectivity index (χ2n) is 3.28. The van der Waals surface area contributed by atoms with Gasteiger partial charge >= 0.3 is 5.00 Å². The molecule has 1 amide bonds. The first-order valence-corrected chi connectivity index (χ1v) is 7.41. The van der Waals surface area contributed by atoms with E-state index in [1.165, 1.54) is 18.0 Å². The van der Waals surface area contributed by atoms with E-state index < -0.39 is 10.8 Å². The van der Waals surface area contributed by atoms with Crippen molar-refractivity contribution < 1.29 is 9.72 Å². The van der Waals surface area contributed by atoms with Crippen molar-refractivity contribution in [3.8, 4) is 0 Å². The van der Waals surface area contributed by atoms with Gasteiger partial charge in [-0.05, 0) is 17.6 Å². The first-order chi connectivity index (χ1) is 9.51. The third-order valence-corrected chi connectivity index (χ3v) is 3.76. The summed E-state index contributed by atoms with van der Waals surface area (Å²) < 4.78 is 0. The molecule has 0 aromatic carbocycles. The van der Waals surface area contributed by atoms with Crippen LogP contribution in [0.2, 0.25) is 5.15 Å². The third kappa shape index (κ3) is 3.21. The molecule has 2 aromatic rings. The topological polar surface area (TPSA) is 111 Å². The van der Waals surface area contributed by atoms with Crippen LogP contribution in [-0.4, -0.2) is 32.0 Å². The predicted molar refractivity (Wildman–Crippen MR) is 75.5 cm³/mol. The Bertz CT molecular complexity index is 677. The fourth-order valence-corrected chi connectivity index (χ4v) is 2.40. The maximum Gasteiger partial charge on any atom is 0.345 e. The van der Waals surface area contributed by atoms with E-state index in [9.17, 15) is 14.9 Å². The van der Waals surface area contributed by atoms with Crippen LogP contribution < -0.4 is 5.32 Å². The average molecular weight is 332 g/mol. The number of thioether (sulfide) groups is 1. The summed E-state index contributed by atoms with van der Waals surface area (Å²) in [5.74, 6) is -0.577. The highest BCUT2D eigenvalue weighted by Gasteiger charge is 2.17. The molecule has 0 fully saturated rings. The highest BCUT2D eigenvalue weighted by molar-refractivity contribution is 7.98. The van der Waals surface area contributed by atoms with Crippen LogP contribution in [0.3, 0.4) is 0 Å². The van der Waals surface area contributed by atoms with E-state index in [0.717, 1.165) is 17.5 Å². The Labute approximate surface area is 125 Å². The molecule has 0 spiro atoms. The van der Waals surface area contributed by atoms with Gasteiger partial charge in [-0.15, -0.1) is 0 Å². The van der Waals surface area contributed by atoms with Crippen LogP contribution in [0.1, 0.15) is 10.4 Å². The average Bonchev–Trinajstić information content (AvgIpc) is 2.87. The fraction of sp³-hybridized carbons (Fsp3) is 0.111. The highest BCUT2D eigenvalue weighted by atomic mass is 35.5. The normalized spacial score (nSPS) is 10.3. The Hall–Kier alpha value is -1.78. The van der Waals surface area contributed by atoms with Crippen LogP contribution in [0.4, 0.5) is 10.1 Å². The highest BCUT2D eigenvalue weighted by Crippen LogP contribution is 2.26. The molecule has 0 saturated heterocycles. The fourth-order valence-electron chi connectivity index (χ4n) is 1.17. The van der Waals surface area contributed by atoms with Gasteiger partial charge in [-0.25, -0.2) is 15.0 Å². The minimum absolute atomic E-state index is 0.00732. The van der Waals surface area contributed by atoms with Crippen LogP contribution in [-0.2, 0) is 0 Å². The summed E-state index contributed by atoms with van der Waals surface area (Å²) in [5, 5.41) is 13.3. The molecule has 1 N–H and O–H groups in total. The van der Waals surface area contributed by atoms with E-state index in [-0.39, 0.29) is 20.8 Å². The molecular weight excluding hydrogens is 326 g/mol. The number of nitrogens with zero attached hydrogens (tertiary/aromatic N) is 4. The van der Waals surface area contributed by atoms with Crippen molar-refractivity contribution in [3.63, 3.8) is 0 Å². The molecule has 0 saturated carbocycles. The molecule has 0 radical (unpaired) electrons. The lowest BCUT2D eigenvalue weighted by atomic mass is 10.3. The number of carbonyl (C=O) groups excluding carboxylic acids is 1. The molecule has 0 unspecified atom stereocenters. The molecule has 2 heterocycles. The van der Waals surface area contributed by atoms with Crippen molar-refractivity contribution in [2.75, 3.05) is 11.6 Å². The lowest BCUT2D eigenvalue weighted by Gasteiger charge is -2.03. The van der Waals surface area contributed by atoms with Gasteiger partial charge in [0.2, 0.25) is 0 Å². The number of amides is 1. The number of carbonyl (C=O) groups is 1. The van der Waals surface area contributed by atoms with E-state index in [1.54, 1.807) is 6.26 Å². The number of anilines is 1. The first kappa shape index (κ1) is 14.6. The zero-order valence-electron chi connectivity index (χ0n) is 9.86. The number of halogens is 1. The van der Waals surface area contributed by atoms with Crippen LogP contribution in [0.5, 0.6) is 0 Å². The minimum atomic E-state index is -0.587. The standard InChI is InChI=1S/C9H6ClN5O3S2/c1-19-8-11-2-4(6(10)13-8)7(16)14-9-12-3-5(20-9)15(17)18/h2-3H,1H3,(H,12,14,16). The van der Waals surface area contributed by atoms with Crippen LogP contribution in [0.15, 0.2) is 17.6 Å². The second-order valence-corrected chi connectivity index (χ2v) is 5.42. The van der Waals surface area contributed by atoms with Gasteiger partial charge in [0.25, 0.3) is 5.91 Å². The summed E-state index contributed by atoms with van der Waals surface area (Å²) in [6.45, 7) is 0. The molecule has 2 rings (SSSR count). The van der Waals surface area contributed by atoms with Gasteiger partial charge in [0.15, 0.2) is 10.3 Å². The number of rotatable bonds is 4. The summed E-state index contributed by atoms with van der Waals surface area (Å²) in [6.07, 6.45) is 4.13. The second kappa shape index (κ2) is 6.11. The Balaban J connectivity index is 2.17. The van der Waals surface area contributed by atoms with Crippen LogP contribution in [0.25, 0.3) is 0 Å². The quantitative estimate of drug-likeness (QED) is 0.301. The summed E-state index contributed by atoms with van der Waals surface area (Å²) in [5.41, 5.74) is 0.0716. The van der Waals surface area contributed by atoms with E-state index in [1.807, 2.05) is 0 Å². The number of hydrogen-bond acceptors (Lipinski definition) is 8. The van der Waals surface area contributed by atoms with Gasteiger partial charge < -0.3 is 0 Å². The molecule has 0 bridgehead atoms. The van der Waals surface area contributed by atoms with Crippen molar-refractivity contribution >= 4 is 50.7 Å². The molecule has 0 atom stereocenters. The largest absolute Gasteiger partial charge is 0.345 e. The minimum Gasteiger partial charge on any atom is -0.298 e. The lowest BCUT2D eigenvalue weighted by Crippen LogP contribution is -2.13. The van der Waals surface area contributed by atoms with Gasteiger partial charge in [-0.1, -0.05) is 23.4 Å². The maximum absolute atomic E-state index is 11.9. The summed E-state index contributed by atoms with van der Waals surface area (Å²) in [4.78, 5) is 33.4. The van der Waals surface area contributed by atoms with Gasteiger partial charge in [-0.3, -0.25) is 20.2 Å². The van der Waals surface area contributed by atoms with Gasteiger partial charge in [0.1, 0.15) is 11.3 Å². The molecule has 0 aliphatic carbocycles. The Morgan fingerprint density at radius 2 is 2.25 bits per heavy atom. The molecule has 2 aromatic heterocycles. The van der Waals surface area contributed by atoms with E-state index in [0.29, 0.717) is 5.16 Å². The van der Waals surface area contributed by atoms with Gasteiger partial charge in [0, 0.05) is 6.20 Å². The third-order valence-electron chi connectivity index (χ3n) is 2.04. The molecule has 8 nitrogen and oxygen atoms in total. The zero-order chi connectivity index (χ0) is 14.7. The Morgan fingerprint density at radius 1 is 1.50 bits per heavy atom. The van der Waals surface area contributed by atoms with E-state index in [2.05, 4.69) is 20.3 Å². The summed E-state index contributed by atoms with van der Waals surface area (Å²) >= 11 is 7.91. The maximum atomic E-state index is 11.9. The Morgan fingerprint density at radius 3 is 2.80 bits per heavy atom. The monoisotopic (exact) mass is 331 g/mol. The smallest absolute Gasteiger partial charge is 0.298 e. The summed E-state index contributed by atoms with van der Waals surface area (Å²) in [6, 6.07) is 0. The number of nitrogens with one attached hydrogen (secondary N) is 1. The zero-order valence-corrected chi connectivity index (χ0v) is 12.3. The SMILES string of the molecule is CSc1ncc(C(=O)Nc2ncc([N+](=O)[O-])s2)c(Cl)n1. The van der Waals surface area contributed by atoms with Crippen molar-refractivity contribution in [1.29, 1.82) is 0 Å². The molecule has 11 heteroatoms. The van der Waals surface area contributed by atoms with E-state index in [4.69, 9.17) is 11.6 Å². The first-order valence-electron chi connectivity index (χ1n) is 4.99.